The molecule has 2 rings (SSSR count). The second-order valence-electron chi connectivity index (χ2n) is 4.28. The van der Waals surface area contributed by atoms with Crippen LogP contribution in [0.25, 0.3) is 0 Å². The van der Waals surface area contributed by atoms with Gasteiger partial charge in [-0.1, -0.05) is 6.92 Å². The Morgan fingerprint density at radius 1 is 1.67 bits per heavy atom. The normalized spacial score (nSPS) is 28.2. The van der Waals surface area contributed by atoms with Gasteiger partial charge in [0.25, 0.3) is 0 Å². The molecule has 1 aliphatic rings. The Balaban J connectivity index is 1.90. The molecule has 0 saturated carbocycles. The van der Waals surface area contributed by atoms with E-state index in [1.807, 2.05) is 12.3 Å². The van der Waals surface area contributed by atoms with E-state index in [-0.39, 0.29) is 0 Å². The van der Waals surface area contributed by atoms with Gasteiger partial charge < -0.3 is 4.42 Å². The molecule has 4 heteroatoms. The molecule has 2 heterocycles. The molecule has 0 aromatic carbocycles. The number of likely N-dealkylation sites (tertiary alicyclic amines) is 1. The molecule has 1 saturated heterocycles. The number of hydrogen-bond donors (Lipinski definition) is 0. The average molecular weight is 293 g/mol. The minimum Gasteiger partial charge on any atom is -0.457 e. The van der Waals surface area contributed by atoms with E-state index in [9.17, 15) is 0 Å². The molecule has 0 amide bonds. The number of hydrogen-bond acceptors (Lipinski definition) is 2. The molecular formula is C11H15BrClNO. The minimum atomic E-state index is 0.345. The van der Waals surface area contributed by atoms with Crippen molar-refractivity contribution < 1.29 is 4.42 Å². The van der Waals surface area contributed by atoms with Gasteiger partial charge >= 0.3 is 0 Å². The van der Waals surface area contributed by atoms with E-state index in [2.05, 4.69) is 27.8 Å². The maximum atomic E-state index is 6.19. The summed E-state index contributed by atoms with van der Waals surface area (Å²) in [7, 11) is 0. The maximum absolute atomic E-state index is 6.19. The van der Waals surface area contributed by atoms with E-state index in [0.717, 1.165) is 30.7 Å². The summed E-state index contributed by atoms with van der Waals surface area (Å²) in [5.74, 6) is 0.579. The van der Waals surface area contributed by atoms with Crippen LogP contribution in [0.4, 0.5) is 0 Å². The summed E-state index contributed by atoms with van der Waals surface area (Å²) in [5.41, 5.74) is 1.22. The van der Waals surface area contributed by atoms with Gasteiger partial charge in [-0.15, -0.1) is 11.6 Å². The first-order chi connectivity index (χ1) is 7.15. The SMILES string of the molecule is CC1CN(Cc2coc(Br)c2)CCC1Cl. The van der Waals surface area contributed by atoms with Crippen LogP contribution in [0.1, 0.15) is 18.9 Å². The van der Waals surface area contributed by atoms with Crippen molar-refractivity contribution in [3.05, 3.63) is 22.6 Å². The first kappa shape index (κ1) is 11.5. The van der Waals surface area contributed by atoms with E-state index in [0.29, 0.717) is 11.3 Å². The average Bonchev–Trinajstić information content (AvgIpc) is 2.58. The third kappa shape index (κ3) is 2.99. The number of alkyl halides is 1. The summed E-state index contributed by atoms with van der Waals surface area (Å²) in [5, 5.41) is 0.345. The maximum Gasteiger partial charge on any atom is 0.169 e. The predicted octanol–water partition coefficient (Wildman–Crippen LogP) is 3.49. The number of nitrogens with zero attached hydrogens (tertiary/aromatic N) is 1. The molecule has 0 spiro atoms. The third-order valence-corrected chi connectivity index (χ3v) is 3.98. The molecule has 1 aromatic rings. The van der Waals surface area contributed by atoms with Crippen molar-refractivity contribution in [1.82, 2.24) is 4.90 Å². The zero-order valence-electron chi connectivity index (χ0n) is 8.75. The van der Waals surface area contributed by atoms with Gasteiger partial charge in [-0.25, -0.2) is 0 Å². The number of rotatable bonds is 2. The van der Waals surface area contributed by atoms with Crippen LogP contribution in [0.5, 0.6) is 0 Å². The van der Waals surface area contributed by atoms with Gasteiger partial charge in [-0.05, 0) is 40.9 Å². The van der Waals surface area contributed by atoms with Crippen LogP contribution in [0.2, 0.25) is 0 Å². The second-order valence-corrected chi connectivity index (χ2v) is 5.62. The molecular weight excluding hydrogens is 277 g/mol. The summed E-state index contributed by atoms with van der Waals surface area (Å²) >= 11 is 9.50. The van der Waals surface area contributed by atoms with Crippen LogP contribution in [0.15, 0.2) is 21.4 Å². The van der Waals surface area contributed by atoms with Gasteiger partial charge in [-0.3, -0.25) is 4.90 Å². The molecule has 0 N–H and O–H groups in total. The Morgan fingerprint density at radius 2 is 2.47 bits per heavy atom. The van der Waals surface area contributed by atoms with Crippen LogP contribution in [-0.4, -0.2) is 23.4 Å². The van der Waals surface area contributed by atoms with Crippen molar-refractivity contribution in [3.63, 3.8) is 0 Å². The van der Waals surface area contributed by atoms with E-state index in [4.69, 9.17) is 16.0 Å². The number of halogens is 2. The van der Waals surface area contributed by atoms with E-state index < -0.39 is 0 Å². The Kier molecular flexibility index (Phi) is 3.75. The fourth-order valence-corrected chi connectivity index (χ4v) is 2.60. The molecule has 2 nitrogen and oxygen atoms in total. The first-order valence-electron chi connectivity index (χ1n) is 5.24. The van der Waals surface area contributed by atoms with Gasteiger partial charge in [0, 0.05) is 24.0 Å². The zero-order valence-corrected chi connectivity index (χ0v) is 11.1. The van der Waals surface area contributed by atoms with Crippen LogP contribution in [0, 0.1) is 5.92 Å². The second kappa shape index (κ2) is 4.89. The van der Waals surface area contributed by atoms with Crippen LogP contribution < -0.4 is 0 Å². The lowest BCUT2D eigenvalue weighted by Gasteiger charge is -2.33. The molecule has 0 aliphatic carbocycles. The highest BCUT2D eigenvalue weighted by atomic mass is 79.9. The highest BCUT2D eigenvalue weighted by molar-refractivity contribution is 9.10. The molecule has 15 heavy (non-hydrogen) atoms. The van der Waals surface area contributed by atoms with Crippen molar-refractivity contribution >= 4 is 27.5 Å². The highest BCUT2D eigenvalue weighted by Gasteiger charge is 2.24. The summed E-state index contributed by atoms with van der Waals surface area (Å²) in [6.45, 7) is 5.34. The molecule has 1 aromatic heterocycles. The summed E-state index contributed by atoms with van der Waals surface area (Å²) in [4.78, 5) is 2.43. The number of piperidine rings is 1. The quantitative estimate of drug-likeness (QED) is 0.776. The molecule has 2 atom stereocenters. The Bertz CT molecular complexity index is 328. The van der Waals surface area contributed by atoms with E-state index in [1.54, 1.807) is 0 Å². The van der Waals surface area contributed by atoms with Crippen LogP contribution in [-0.2, 0) is 6.54 Å². The summed E-state index contributed by atoms with van der Waals surface area (Å²) in [6, 6.07) is 2.03. The number of furan rings is 1. The molecule has 1 aliphatic heterocycles. The fraction of sp³-hybridized carbons (Fsp3) is 0.636. The molecule has 1 fully saturated rings. The zero-order chi connectivity index (χ0) is 10.8. The Labute approximate surface area is 104 Å². The third-order valence-electron chi connectivity index (χ3n) is 2.91. The fourth-order valence-electron chi connectivity index (χ4n) is 2.03. The largest absolute Gasteiger partial charge is 0.457 e. The van der Waals surface area contributed by atoms with Crippen molar-refractivity contribution in [2.45, 2.75) is 25.3 Å². The predicted molar refractivity (Wildman–Crippen MR) is 65.1 cm³/mol. The van der Waals surface area contributed by atoms with E-state index >= 15 is 0 Å². The topological polar surface area (TPSA) is 16.4 Å². The standard InChI is InChI=1S/C11H15BrClNO/c1-8-5-14(3-2-10(8)13)6-9-4-11(12)15-7-9/h4,7-8,10H,2-3,5-6H2,1H3. The van der Waals surface area contributed by atoms with Crippen molar-refractivity contribution in [1.29, 1.82) is 0 Å². The Hall–Kier alpha value is 0.01000. The summed E-state index contributed by atoms with van der Waals surface area (Å²) in [6.07, 6.45) is 2.89. The van der Waals surface area contributed by atoms with Gasteiger partial charge in [0.1, 0.15) is 0 Å². The first-order valence-corrected chi connectivity index (χ1v) is 6.47. The monoisotopic (exact) mass is 291 g/mol. The lowest BCUT2D eigenvalue weighted by atomic mass is 9.99. The van der Waals surface area contributed by atoms with Gasteiger partial charge in [0.05, 0.1) is 6.26 Å². The van der Waals surface area contributed by atoms with Crippen molar-refractivity contribution in [3.8, 4) is 0 Å². The van der Waals surface area contributed by atoms with E-state index in [1.165, 1.54) is 5.56 Å². The molecule has 0 radical (unpaired) electrons. The van der Waals surface area contributed by atoms with Gasteiger partial charge in [-0.2, -0.15) is 0 Å². The van der Waals surface area contributed by atoms with Gasteiger partial charge in [0.15, 0.2) is 4.67 Å². The lowest BCUT2D eigenvalue weighted by Crippen LogP contribution is -2.39. The molecule has 84 valence electrons. The summed E-state index contributed by atoms with van der Waals surface area (Å²) < 4.78 is 6.02. The minimum absolute atomic E-state index is 0.345. The highest BCUT2D eigenvalue weighted by Crippen LogP contribution is 2.24. The lowest BCUT2D eigenvalue weighted by molar-refractivity contribution is 0.179. The van der Waals surface area contributed by atoms with Crippen LogP contribution >= 0.6 is 27.5 Å². The van der Waals surface area contributed by atoms with Crippen molar-refractivity contribution in [2.24, 2.45) is 5.92 Å². The van der Waals surface area contributed by atoms with Crippen molar-refractivity contribution in [2.75, 3.05) is 13.1 Å². The molecule has 2 unspecified atom stereocenters. The van der Waals surface area contributed by atoms with Crippen LogP contribution in [0.3, 0.4) is 0 Å². The smallest absolute Gasteiger partial charge is 0.169 e. The van der Waals surface area contributed by atoms with Gasteiger partial charge in [0.2, 0.25) is 0 Å². The Morgan fingerprint density at radius 3 is 3.07 bits per heavy atom. The molecule has 0 bridgehead atoms.